The maximum atomic E-state index is 10.6. The first-order valence-electron chi connectivity index (χ1n) is 5.31. The fourth-order valence-electron chi connectivity index (χ4n) is 2.28. The van der Waals surface area contributed by atoms with Crippen molar-refractivity contribution in [3.05, 3.63) is 35.4 Å². The summed E-state index contributed by atoms with van der Waals surface area (Å²) in [6.45, 7) is 2.10. The van der Waals surface area contributed by atoms with E-state index >= 15 is 0 Å². The molecule has 0 radical (unpaired) electrons. The second-order valence-corrected chi connectivity index (χ2v) is 4.32. The Hall–Kier alpha value is -1.11. The Morgan fingerprint density at radius 2 is 1.93 bits per heavy atom. The molecule has 0 aliphatic heterocycles. The van der Waals surface area contributed by atoms with Crippen LogP contribution in [0.1, 0.15) is 36.3 Å². The summed E-state index contributed by atoms with van der Waals surface area (Å²) in [6, 6.07) is 8.72. The number of aldehydes is 1. The minimum atomic E-state index is 0.307. The molecule has 0 amide bonds. The quantitative estimate of drug-likeness (QED) is 0.652. The van der Waals surface area contributed by atoms with E-state index in [0.717, 1.165) is 19.1 Å². The minimum absolute atomic E-state index is 0.307. The Labute approximate surface area is 85.1 Å². The van der Waals surface area contributed by atoms with Gasteiger partial charge in [-0.3, -0.25) is 0 Å². The van der Waals surface area contributed by atoms with Gasteiger partial charge in [0.2, 0.25) is 0 Å². The highest BCUT2D eigenvalue weighted by Gasteiger charge is 2.24. The molecule has 2 rings (SSSR count). The minimum Gasteiger partial charge on any atom is -0.303 e. The third-order valence-electron chi connectivity index (χ3n) is 3.21. The van der Waals surface area contributed by atoms with Gasteiger partial charge in [-0.25, -0.2) is 0 Å². The third-order valence-corrected chi connectivity index (χ3v) is 3.21. The molecule has 0 aromatic heterocycles. The van der Waals surface area contributed by atoms with Crippen molar-refractivity contribution in [3.8, 4) is 0 Å². The molecule has 1 nitrogen and oxygen atoms in total. The molecule has 1 aliphatic carbocycles. The number of benzene rings is 1. The van der Waals surface area contributed by atoms with Crippen LogP contribution in [-0.4, -0.2) is 6.29 Å². The molecule has 2 atom stereocenters. The van der Waals surface area contributed by atoms with E-state index in [9.17, 15) is 4.79 Å². The Morgan fingerprint density at radius 3 is 2.50 bits per heavy atom. The van der Waals surface area contributed by atoms with Crippen LogP contribution in [0.4, 0.5) is 0 Å². The fraction of sp³-hybridized carbons (Fsp3) is 0.462. The predicted molar refractivity (Wildman–Crippen MR) is 57.3 cm³/mol. The van der Waals surface area contributed by atoms with E-state index in [2.05, 4.69) is 31.2 Å². The summed E-state index contributed by atoms with van der Waals surface area (Å²) in [5.74, 6) is 0.923. The highest BCUT2D eigenvalue weighted by molar-refractivity contribution is 5.54. The number of rotatable bonds is 2. The van der Waals surface area contributed by atoms with Gasteiger partial charge in [0, 0.05) is 5.92 Å². The van der Waals surface area contributed by atoms with E-state index < -0.39 is 0 Å². The number of carbonyl (C=O) groups is 1. The van der Waals surface area contributed by atoms with Gasteiger partial charge in [-0.1, -0.05) is 29.8 Å². The van der Waals surface area contributed by atoms with Crippen molar-refractivity contribution in [2.45, 2.75) is 32.1 Å². The fourth-order valence-corrected chi connectivity index (χ4v) is 2.28. The first kappa shape index (κ1) is 9.45. The van der Waals surface area contributed by atoms with Crippen LogP contribution in [0.2, 0.25) is 0 Å². The summed E-state index contributed by atoms with van der Waals surface area (Å²) in [7, 11) is 0. The lowest BCUT2D eigenvalue weighted by Gasteiger charge is -2.09. The summed E-state index contributed by atoms with van der Waals surface area (Å²) in [5, 5.41) is 0. The SMILES string of the molecule is Cc1ccc(C2CCC(C=O)C2)cc1. The van der Waals surface area contributed by atoms with E-state index in [4.69, 9.17) is 0 Å². The van der Waals surface area contributed by atoms with Crippen molar-refractivity contribution in [2.75, 3.05) is 0 Å². The van der Waals surface area contributed by atoms with Crippen LogP contribution in [0, 0.1) is 12.8 Å². The molecule has 74 valence electrons. The molecule has 0 saturated heterocycles. The van der Waals surface area contributed by atoms with E-state index in [-0.39, 0.29) is 0 Å². The monoisotopic (exact) mass is 188 g/mol. The lowest BCUT2D eigenvalue weighted by Crippen LogP contribution is -1.96. The maximum Gasteiger partial charge on any atom is 0.123 e. The second kappa shape index (κ2) is 3.95. The number of hydrogen-bond acceptors (Lipinski definition) is 1. The zero-order valence-electron chi connectivity index (χ0n) is 8.57. The number of hydrogen-bond donors (Lipinski definition) is 0. The Balaban J connectivity index is 2.09. The lowest BCUT2D eigenvalue weighted by atomic mass is 9.96. The van der Waals surface area contributed by atoms with Crippen LogP contribution in [0.3, 0.4) is 0 Å². The highest BCUT2D eigenvalue weighted by atomic mass is 16.1. The lowest BCUT2D eigenvalue weighted by molar-refractivity contribution is -0.110. The van der Waals surface area contributed by atoms with Gasteiger partial charge in [0.25, 0.3) is 0 Å². The van der Waals surface area contributed by atoms with Crippen LogP contribution < -0.4 is 0 Å². The summed E-state index contributed by atoms with van der Waals surface area (Å²) in [5.41, 5.74) is 2.71. The summed E-state index contributed by atoms with van der Waals surface area (Å²) in [6.07, 6.45) is 4.41. The van der Waals surface area contributed by atoms with Gasteiger partial charge >= 0.3 is 0 Å². The first-order chi connectivity index (χ1) is 6.79. The smallest absolute Gasteiger partial charge is 0.123 e. The highest BCUT2D eigenvalue weighted by Crippen LogP contribution is 2.37. The molecule has 0 spiro atoms. The molecule has 0 bridgehead atoms. The normalized spacial score (nSPS) is 26.4. The molecule has 1 aromatic carbocycles. The Kier molecular flexibility index (Phi) is 2.67. The molecular weight excluding hydrogens is 172 g/mol. The van der Waals surface area contributed by atoms with Gasteiger partial charge in [0.05, 0.1) is 0 Å². The third kappa shape index (κ3) is 1.87. The first-order valence-corrected chi connectivity index (χ1v) is 5.31. The van der Waals surface area contributed by atoms with Gasteiger partial charge in [0.1, 0.15) is 6.29 Å². The van der Waals surface area contributed by atoms with E-state index in [1.165, 1.54) is 17.5 Å². The molecule has 1 fully saturated rings. The van der Waals surface area contributed by atoms with Gasteiger partial charge in [0.15, 0.2) is 0 Å². The van der Waals surface area contributed by atoms with Crippen molar-refractivity contribution in [1.82, 2.24) is 0 Å². The van der Waals surface area contributed by atoms with Crippen LogP contribution in [0.25, 0.3) is 0 Å². The topological polar surface area (TPSA) is 17.1 Å². The van der Waals surface area contributed by atoms with E-state index in [1.54, 1.807) is 0 Å². The van der Waals surface area contributed by atoms with Gasteiger partial charge in [-0.2, -0.15) is 0 Å². The summed E-state index contributed by atoms with van der Waals surface area (Å²) < 4.78 is 0. The number of carbonyl (C=O) groups excluding carboxylic acids is 1. The maximum absolute atomic E-state index is 10.6. The van der Waals surface area contributed by atoms with Crippen molar-refractivity contribution in [2.24, 2.45) is 5.92 Å². The van der Waals surface area contributed by atoms with Crippen LogP contribution >= 0.6 is 0 Å². The van der Waals surface area contributed by atoms with Gasteiger partial charge in [-0.15, -0.1) is 0 Å². The standard InChI is InChI=1S/C13H16O/c1-10-2-5-12(6-3-10)13-7-4-11(8-13)9-14/h2-3,5-6,9,11,13H,4,7-8H2,1H3. The van der Waals surface area contributed by atoms with Crippen molar-refractivity contribution >= 4 is 6.29 Å². The average molecular weight is 188 g/mol. The second-order valence-electron chi connectivity index (χ2n) is 4.32. The van der Waals surface area contributed by atoms with E-state index in [0.29, 0.717) is 11.8 Å². The molecule has 2 unspecified atom stereocenters. The molecule has 1 saturated carbocycles. The largest absolute Gasteiger partial charge is 0.303 e. The van der Waals surface area contributed by atoms with Crippen LogP contribution in [-0.2, 0) is 4.79 Å². The zero-order valence-corrected chi connectivity index (χ0v) is 8.57. The van der Waals surface area contributed by atoms with Crippen molar-refractivity contribution in [3.63, 3.8) is 0 Å². The predicted octanol–water partition coefficient (Wildman–Crippen LogP) is 3.08. The van der Waals surface area contributed by atoms with E-state index in [1.807, 2.05) is 0 Å². The van der Waals surface area contributed by atoms with Crippen molar-refractivity contribution < 1.29 is 4.79 Å². The average Bonchev–Trinajstić information content (AvgIpc) is 2.67. The molecular formula is C13H16O. The molecule has 0 heterocycles. The Bertz CT molecular complexity index is 313. The Morgan fingerprint density at radius 1 is 1.21 bits per heavy atom. The molecule has 1 aromatic rings. The van der Waals surface area contributed by atoms with Crippen LogP contribution in [0.15, 0.2) is 24.3 Å². The molecule has 0 N–H and O–H groups in total. The molecule has 14 heavy (non-hydrogen) atoms. The van der Waals surface area contributed by atoms with Crippen molar-refractivity contribution in [1.29, 1.82) is 0 Å². The number of aryl methyl sites for hydroxylation is 1. The van der Waals surface area contributed by atoms with Gasteiger partial charge < -0.3 is 4.79 Å². The van der Waals surface area contributed by atoms with Crippen LogP contribution in [0.5, 0.6) is 0 Å². The van der Waals surface area contributed by atoms with Gasteiger partial charge in [-0.05, 0) is 37.7 Å². The summed E-state index contributed by atoms with van der Waals surface area (Å²) in [4.78, 5) is 10.6. The summed E-state index contributed by atoms with van der Waals surface area (Å²) >= 11 is 0. The zero-order chi connectivity index (χ0) is 9.97. The molecule has 1 heteroatoms. The molecule has 1 aliphatic rings.